The number of nitrogens with zero attached hydrogens (tertiary/aromatic N) is 1. The lowest BCUT2D eigenvalue weighted by Crippen LogP contribution is -2.47. The Labute approximate surface area is 161 Å². The van der Waals surface area contributed by atoms with Gasteiger partial charge < -0.3 is 9.64 Å². The van der Waals surface area contributed by atoms with Gasteiger partial charge in [-0.25, -0.2) is 0 Å². The first-order valence-electron chi connectivity index (χ1n) is 8.95. The Morgan fingerprint density at radius 3 is 2.50 bits per heavy atom. The van der Waals surface area contributed by atoms with E-state index in [9.17, 15) is 18.4 Å². The highest BCUT2D eigenvalue weighted by atomic mass is 19.3. The zero-order valence-corrected chi connectivity index (χ0v) is 15.2. The van der Waals surface area contributed by atoms with Crippen LogP contribution in [0.25, 0.3) is 0 Å². The molecule has 0 atom stereocenters. The largest absolute Gasteiger partial charge is 0.435 e. The highest BCUT2D eigenvalue weighted by molar-refractivity contribution is 5.86. The maximum Gasteiger partial charge on any atom is 0.387 e. The van der Waals surface area contributed by atoms with Crippen molar-refractivity contribution in [3.05, 3.63) is 59.7 Å². The van der Waals surface area contributed by atoms with E-state index in [0.29, 0.717) is 5.56 Å². The number of ether oxygens (including phenoxy) is 1. The Hall–Kier alpha value is -3.16. The molecule has 2 N–H and O–H groups in total. The van der Waals surface area contributed by atoms with Crippen molar-refractivity contribution in [2.24, 2.45) is 0 Å². The van der Waals surface area contributed by atoms with Gasteiger partial charge in [0.2, 0.25) is 5.91 Å². The molecule has 3 rings (SSSR count). The van der Waals surface area contributed by atoms with Gasteiger partial charge >= 0.3 is 6.61 Å². The molecule has 0 radical (unpaired) electrons. The van der Waals surface area contributed by atoms with Gasteiger partial charge in [0.1, 0.15) is 5.75 Å². The molecule has 1 aliphatic heterocycles. The van der Waals surface area contributed by atoms with Gasteiger partial charge in [0.05, 0.1) is 13.0 Å². The molecule has 1 aliphatic rings. The van der Waals surface area contributed by atoms with Crippen molar-refractivity contribution in [1.29, 1.82) is 0 Å². The Morgan fingerprint density at radius 2 is 1.75 bits per heavy atom. The molecule has 2 amide bonds. The van der Waals surface area contributed by atoms with Crippen molar-refractivity contribution < 1.29 is 23.1 Å². The zero-order valence-electron chi connectivity index (χ0n) is 15.2. The number of rotatable bonds is 6. The molecule has 6 nitrogen and oxygen atoms in total. The number of anilines is 1. The molecule has 0 fully saturated rings. The average molecular weight is 389 g/mol. The number of hydrogen-bond donors (Lipinski definition) is 2. The van der Waals surface area contributed by atoms with Crippen LogP contribution in [0.1, 0.15) is 17.5 Å². The van der Waals surface area contributed by atoms with Crippen molar-refractivity contribution >= 4 is 17.5 Å². The average Bonchev–Trinajstić information content (AvgIpc) is 2.68. The molecule has 2 aromatic rings. The van der Waals surface area contributed by atoms with Gasteiger partial charge in [0.15, 0.2) is 0 Å². The Bertz CT molecular complexity index is 828. The molecular formula is C20H21F2N3O3. The first-order valence-corrected chi connectivity index (χ1v) is 8.95. The minimum atomic E-state index is -2.89. The summed E-state index contributed by atoms with van der Waals surface area (Å²) < 4.78 is 28.5. The predicted molar refractivity (Wildman–Crippen MR) is 100 cm³/mol. The van der Waals surface area contributed by atoms with Crippen molar-refractivity contribution in [3.63, 3.8) is 0 Å². The number of hydrazine groups is 1. The van der Waals surface area contributed by atoms with E-state index in [1.54, 1.807) is 0 Å². The second kappa shape index (κ2) is 9.16. The number of aryl methyl sites for hydroxylation is 1. The van der Waals surface area contributed by atoms with Gasteiger partial charge in [0.25, 0.3) is 5.91 Å². The van der Waals surface area contributed by atoms with Crippen LogP contribution in [0.5, 0.6) is 5.75 Å². The number of amides is 2. The molecule has 0 saturated heterocycles. The van der Waals surface area contributed by atoms with Crippen LogP contribution in [-0.2, 0) is 22.4 Å². The molecule has 0 saturated carbocycles. The summed E-state index contributed by atoms with van der Waals surface area (Å²) in [6.07, 6.45) is 1.97. The molecule has 1 heterocycles. The number of alkyl halides is 2. The van der Waals surface area contributed by atoms with Crippen LogP contribution in [0.15, 0.2) is 48.5 Å². The third-order valence-electron chi connectivity index (χ3n) is 4.40. The second-order valence-corrected chi connectivity index (χ2v) is 6.45. The fourth-order valence-electron chi connectivity index (χ4n) is 3.15. The molecule has 8 heteroatoms. The summed E-state index contributed by atoms with van der Waals surface area (Å²) in [5, 5.41) is 0. The number of carbonyl (C=O) groups excluding carboxylic acids is 2. The minimum Gasteiger partial charge on any atom is -0.435 e. The maximum atomic E-state index is 12.2. The van der Waals surface area contributed by atoms with Crippen LogP contribution in [0.3, 0.4) is 0 Å². The molecule has 0 aromatic heterocycles. The summed E-state index contributed by atoms with van der Waals surface area (Å²) in [5.41, 5.74) is 7.65. The van der Waals surface area contributed by atoms with Crippen molar-refractivity contribution in [1.82, 2.24) is 10.9 Å². The van der Waals surface area contributed by atoms with Gasteiger partial charge in [-0.1, -0.05) is 30.3 Å². The molecule has 2 aromatic carbocycles. The summed E-state index contributed by atoms with van der Waals surface area (Å²) in [5.74, 6) is -0.699. The summed E-state index contributed by atoms with van der Waals surface area (Å²) in [6, 6.07) is 13.7. The third kappa shape index (κ3) is 5.42. The maximum absolute atomic E-state index is 12.2. The second-order valence-electron chi connectivity index (χ2n) is 6.45. The number of carbonyl (C=O) groups is 2. The van der Waals surface area contributed by atoms with Crippen LogP contribution in [0.2, 0.25) is 0 Å². The number of fused-ring (bicyclic) bond motifs is 1. The third-order valence-corrected chi connectivity index (χ3v) is 4.40. The van der Waals surface area contributed by atoms with Gasteiger partial charge in [-0.2, -0.15) is 8.78 Å². The van der Waals surface area contributed by atoms with Crippen LogP contribution < -0.4 is 20.5 Å². The number of benzene rings is 2. The van der Waals surface area contributed by atoms with Gasteiger partial charge in [-0.05, 0) is 42.2 Å². The predicted octanol–water partition coefficient (Wildman–Crippen LogP) is 2.43. The zero-order chi connectivity index (χ0) is 19.9. The van der Waals surface area contributed by atoms with Crippen LogP contribution in [0.4, 0.5) is 14.5 Å². The van der Waals surface area contributed by atoms with E-state index in [-0.39, 0.29) is 24.6 Å². The summed E-state index contributed by atoms with van der Waals surface area (Å²) >= 11 is 0. The van der Waals surface area contributed by atoms with Crippen molar-refractivity contribution in [3.8, 4) is 5.75 Å². The fraction of sp³-hybridized carbons (Fsp3) is 0.300. The van der Waals surface area contributed by atoms with E-state index >= 15 is 0 Å². The summed E-state index contributed by atoms with van der Waals surface area (Å²) in [6.45, 7) is -1.96. The molecule has 148 valence electrons. The van der Waals surface area contributed by atoms with E-state index < -0.39 is 12.5 Å². The monoisotopic (exact) mass is 389 g/mol. The van der Waals surface area contributed by atoms with E-state index in [1.807, 2.05) is 23.1 Å². The smallest absolute Gasteiger partial charge is 0.387 e. The molecule has 0 spiro atoms. The lowest BCUT2D eigenvalue weighted by atomic mass is 10.0. The van der Waals surface area contributed by atoms with Gasteiger partial charge in [0, 0.05) is 12.2 Å². The summed E-state index contributed by atoms with van der Waals surface area (Å²) in [4.78, 5) is 26.1. The molecule has 0 aliphatic carbocycles. The number of halogens is 2. The Morgan fingerprint density at radius 1 is 1.04 bits per heavy atom. The first-order chi connectivity index (χ1) is 13.5. The SMILES string of the molecule is O=C(Cc1ccc(OC(F)F)cc1)NNC(=O)CN1CCCc2ccccc21. The first kappa shape index (κ1) is 19.6. The normalized spacial score (nSPS) is 13.0. The molecular weight excluding hydrogens is 368 g/mol. The van der Waals surface area contributed by atoms with E-state index in [4.69, 9.17) is 0 Å². The van der Waals surface area contributed by atoms with Gasteiger partial charge in [-0.15, -0.1) is 0 Å². The Kier molecular flexibility index (Phi) is 6.41. The number of hydrogen-bond acceptors (Lipinski definition) is 4. The highest BCUT2D eigenvalue weighted by Crippen LogP contribution is 2.26. The molecule has 28 heavy (non-hydrogen) atoms. The van der Waals surface area contributed by atoms with E-state index in [0.717, 1.165) is 25.1 Å². The number of nitrogens with one attached hydrogen (secondary N) is 2. The fourth-order valence-corrected chi connectivity index (χ4v) is 3.15. The standard InChI is InChI=1S/C20H21F2N3O3/c21-20(22)28-16-9-7-14(8-10-16)12-18(26)23-24-19(27)13-25-11-3-5-15-4-1-2-6-17(15)25/h1-2,4,6-10,20H,3,5,11-13H2,(H,23,26)(H,24,27). The molecule has 0 unspecified atom stereocenters. The highest BCUT2D eigenvalue weighted by Gasteiger charge is 2.18. The van der Waals surface area contributed by atoms with Crippen molar-refractivity contribution in [2.75, 3.05) is 18.0 Å². The quantitative estimate of drug-likeness (QED) is 0.745. The minimum absolute atomic E-state index is 0.00177. The van der Waals surface area contributed by atoms with Crippen LogP contribution in [0, 0.1) is 0 Å². The van der Waals surface area contributed by atoms with Crippen LogP contribution >= 0.6 is 0 Å². The van der Waals surface area contributed by atoms with Crippen molar-refractivity contribution in [2.45, 2.75) is 25.9 Å². The lowest BCUT2D eigenvalue weighted by molar-refractivity contribution is -0.127. The topological polar surface area (TPSA) is 70.7 Å². The molecule has 0 bridgehead atoms. The van der Waals surface area contributed by atoms with Crippen LogP contribution in [-0.4, -0.2) is 31.5 Å². The van der Waals surface area contributed by atoms with Gasteiger partial charge in [-0.3, -0.25) is 20.4 Å². The lowest BCUT2D eigenvalue weighted by Gasteiger charge is -2.30. The Balaban J connectivity index is 1.45. The number of para-hydroxylation sites is 1. The summed E-state index contributed by atoms with van der Waals surface area (Å²) in [7, 11) is 0. The van der Waals surface area contributed by atoms with E-state index in [1.165, 1.54) is 29.8 Å². The van der Waals surface area contributed by atoms with E-state index in [2.05, 4.69) is 21.7 Å².